The summed E-state index contributed by atoms with van der Waals surface area (Å²) in [4.78, 5) is 21.8. The number of hydrogen-bond acceptors (Lipinski definition) is 6. The highest BCUT2D eigenvalue weighted by atomic mass is 16.4. The molecular formula is C29H26N6O2. The van der Waals surface area contributed by atoms with E-state index < -0.39 is 0 Å². The lowest BCUT2D eigenvalue weighted by Gasteiger charge is -2.11. The Morgan fingerprint density at radius 1 is 1.14 bits per heavy atom. The summed E-state index contributed by atoms with van der Waals surface area (Å²) in [5.74, 6) is 2.11. The van der Waals surface area contributed by atoms with Crippen molar-refractivity contribution >= 4 is 22.6 Å². The number of carbonyl (C=O) groups excluding carboxylic acids is 1. The maximum absolute atomic E-state index is 12.8. The number of fused-ring (bicyclic) bond motifs is 1. The smallest absolute Gasteiger partial charge is 0.226 e. The van der Waals surface area contributed by atoms with Crippen LogP contribution < -0.4 is 5.32 Å². The van der Waals surface area contributed by atoms with Gasteiger partial charge >= 0.3 is 0 Å². The van der Waals surface area contributed by atoms with E-state index in [9.17, 15) is 10.1 Å². The summed E-state index contributed by atoms with van der Waals surface area (Å²) in [5, 5.41) is 17.8. The van der Waals surface area contributed by atoms with Crippen LogP contribution in [0.5, 0.6) is 0 Å². The molecule has 184 valence electrons. The first-order chi connectivity index (χ1) is 17.9. The number of nitrogens with zero attached hydrogens (tertiary/aromatic N) is 5. The van der Waals surface area contributed by atoms with Crippen LogP contribution in [0, 0.1) is 18.3 Å². The quantitative estimate of drug-likeness (QED) is 0.302. The lowest BCUT2D eigenvalue weighted by Crippen LogP contribution is -2.17. The molecule has 2 aromatic carbocycles. The van der Waals surface area contributed by atoms with Crippen molar-refractivity contribution in [2.24, 2.45) is 0 Å². The number of aryl methyl sites for hydroxylation is 2. The van der Waals surface area contributed by atoms with E-state index in [-0.39, 0.29) is 23.7 Å². The van der Waals surface area contributed by atoms with Gasteiger partial charge in [-0.25, -0.2) is 9.97 Å². The molecule has 0 bridgehead atoms. The Bertz CT molecular complexity index is 1620. The van der Waals surface area contributed by atoms with E-state index in [1.54, 1.807) is 6.20 Å². The summed E-state index contributed by atoms with van der Waals surface area (Å²) in [7, 11) is 0. The Morgan fingerprint density at radius 2 is 1.92 bits per heavy atom. The Labute approximate surface area is 214 Å². The van der Waals surface area contributed by atoms with E-state index in [1.807, 2.05) is 49.4 Å². The van der Waals surface area contributed by atoms with E-state index in [0.717, 1.165) is 22.0 Å². The number of benzene rings is 2. The van der Waals surface area contributed by atoms with Crippen molar-refractivity contribution in [1.82, 2.24) is 19.7 Å². The molecule has 0 fully saturated rings. The highest BCUT2D eigenvalue weighted by molar-refractivity contribution is 5.91. The Balaban J connectivity index is 1.30. The molecule has 5 rings (SSSR count). The molecule has 8 heteroatoms. The first-order valence-corrected chi connectivity index (χ1v) is 12.1. The minimum absolute atomic E-state index is 0.131. The number of nitriles is 1. The molecule has 5 aromatic rings. The molecule has 0 atom stereocenters. The summed E-state index contributed by atoms with van der Waals surface area (Å²) < 4.78 is 7.36. The van der Waals surface area contributed by atoms with Gasteiger partial charge in [0.15, 0.2) is 23.3 Å². The summed E-state index contributed by atoms with van der Waals surface area (Å²) >= 11 is 0. The van der Waals surface area contributed by atoms with Crippen LogP contribution in [-0.2, 0) is 11.2 Å². The van der Waals surface area contributed by atoms with Gasteiger partial charge in [-0.15, -0.1) is 0 Å². The number of amides is 1. The summed E-state index contributed by atoms with van der Waals surface area (Å²) in [6, 6.07) is 20.0. The van der Waals surface area contributed by atoms with Crippen molar-refractivity contribution in [3.05, 3.63) is 89.6 Å². The van der Waals surface area contributed by atoms with Crippen LogP contribution in [-0.4, -0.2) is 25.7 Å². The van der Waals surface area contributed by atoms with Gasteiger partial charge in [-0.1, -0.05) is 56.3 Å². The molecule has 0 aliphatic carbocycles. The molecule has 0 unspecified atom stereocenters. The molecule has 8 nitrogen and oxygen atoms in total. The maximum atomic E-state index is 12.8. The van der Waals surface area contributed by atoms with Crippen LogP contribution in [0.15, 0.2) is 71.4 Å². The first kappa shape index (κ1) is 23.9. The third kappa shape index (κ3) is 4.98. The second kappa shape index (κ2) is 10.1. The molecule has 0 spiro atoms. The molecular weight excluding hydrogens is 464 g/mol. The van der Waals surface area contributed by atoms with Gasteiger partial charge in [-0.2, -0.15) is 15.0 Å². The average molecular weight is 491 g/mol. The zero-order valence-electron chi connectivity index (χ0n) is 20.9. The SMILES string of the molecule is Cc1cc(-n2ncc(C#N)c2NC(=O)CCc2ncc(-c3ccc(C(C)C)cc3)o2)nc2ccccc12. The fourth-order valence-electron chi connectivity index (χ4n) is 4.17. The topological polar surface area (TPSA) is 110 Å². The molecule has 0 aliphatic rings. The minimum atomic E-state index is -0.281. The zero-order valence-corrected chi connectivity index (χ0v) is 20.9. The van der Waals surface area contributed by atoms with Crippen molar-refractivity contribution < 1.29 is 9.21 Å². The standard InChI is InChI=1S/C29H26N6O2/c1-18(2)20-8-10-21(11-9-20)25-17-31-28(37-25)13-12-27(36)34-29-22(15-30)16-32-35(29)26-14-19(3)23-6-4-5-7-24(23)33-26/h4-11,14,16-18H,12-13H2,1-3H3,(H,34,36). The number of pyridine rings is 1. The van der Waals surface area contributed by atoms with Crippen molar-refractivity contribution in [1.29, 1.82) is 5.26 Å². The highest BCUT2D eigenvalue weighted by Crippen LogP contribution is 2.25. The van der Waals surface area contributed by atoms with Crippen molar-refractivity contribution in [2.45, 2.75) is 39.5 Å². The molecule has 1 amide bonds. The van der Waals surface area contributed by atoms with Crippen LogP contribution in [0.25, 0.3) is 28.0 Å². The Morgan fingerprint density at radius 3 is 2.68 bits per heavy atom. The highest BCUT2D eigenvalue weighted by Gasteiger charge is 2.18. The van der Waals surface area contributed by atoms with Crippen LogP contribution in [0.2, 0.25) is 0 Å². The van der Waals surface area contributed by atoms with Gasteiger partial charge in [0.25, 0.3) is 0 Å². The number of hydrogen-bond donors (Lipinski definition) is 1. The number of oxazole rings is 1. The summed E-state index contributed by atoms with van der Waals surface area (Å²) in [6.07, 6.45) is 3.55. The van der Waals surface area contributed by atoms with Gasteiger partial charge in [-0.05, 0) is 36.1 Å². The van der Waals surface area contributed by atoms with E-state index >= 15 is 0 Å². The zero-order chi connectivity index (χ0) is 25.9. The Kier molecular flexibility index (Phi) is 6.52. The van der Waals surface area contributed by atoms with Crippen molar-refractivity contribution in [3.8, 4) is 23.2 Å². The summed E-state index contributed by atoms with van der Waals surface area (Å²) in [6.45, 7) is 6.29. The fourth-order valence-corrected chi connectivity index (χ4v) is 4.17. The van der Waals surface area contributed by atoms with E-state index in [4.69, 9.17) is 4.42 Å². The van der Waals surface area contributed by atoms with Gasteiger partial charge in [0.2, 0.25) is 5.91 Å². The van der Waals surface area contributed by atoms with Gasteiger partial charge in [-0.3, -0.25) is 4.79 Å². The van der Waals surface area contributed by atoms with Crippen molar-refractivity contribution in [3.63, 3.8) is 0 Å². The Hall–Kier alpha value is -4.77. The van der Waals surface area contributed by atoms with Gasteiger partial charge in [0, 0.05) is 23.8 Å². The van der Waals surface area contributed by atoms with E-state index in [2.05, 4.69) is 52.4 Å². The molecule has 0 saturated heterocycles. The number of anilines is 1. The molecule has 0 radical (unpaired) electrons. The monoisotopic (exact) mass is 490 g/mol. The van der Waals surface area contributed by atoms with Crippen LogP contribution in [0.1, 0.15) is 48.8 Å². The molecule has 3 aromatic heterocycles. The van der Waals surface area contributed by atoms with Gasteiger partial charge < -0.3 is 9.73 Å². The van der Waals surface area contributed by atoms with E-state index in [1.165, 1.54) is 16.4 Å². The molecule has 0 saturated carbocycles. The van der Waals surface area contributed by atoms with Gasteiger partial charge in [0.05, 0.1) is 17.9 Å². The fraction of sp³-hybridized carbons (Fsp3) is 0.207. The third-order valence-corrected chi connectivity index (χ3v) is 6.26. The molecule has 0 aliphatic heterocycles. The first-order valence-electron chi connectivity index (χ1n) is 12.1. The number of aromatic nitrogens is 4. The molecule has 3 heterocycles. The third-order valence-electron chi connectivity index (χ3n) is 6.26. The predicted octanol–water partition coefficient (Wildman–Crippen LogP) is 5.95. The number of nitrogens with one attached hydrogen (secondary N) is 1. The summed E-state index contributed by atoms with van der Waals surface area (Å²) in [5.41, 5.74) is 4.27. The van der Waals surface area contributed by atoms with Crippen LogP contribution >= 0.6 is 0 Å². The lowest BCUT2D eigenvalue weighted by molar-refractivity contribution is -0.116. The lowest BCUT2D eigenvalue weighted by atomic mass is 10.0. The van der Waals surface area contributed by atoms with E-state index in [0.29, 0.717) is 29.8 Å². The molecule has 1 N–H and O–H groups in total. The predicted molar refractivity (Wildman–Crippen MR) is 141 cm³/mol. The maximum Gasteiger partial charge on any atom is 0.226 e. The number of carbonyl (C=O) groups is 1. The average Bonchev–Trinajstić information content (AvgIpc) is 3.54. The largest absolute Gasteiger partial charge is 0.441 e. The second-order valence-corrected chi connectivity index (χ2v) is 9.19. The van der Waals surface area contributed by atoms with Crippen LogP contribution in [0.3, 0.4) is 0 Å². The van der Waals surface area contributed by atoms with Crippen molar-refractivity contribution in [2.75, 3.05) is 5.32 Å². The molecule has 37 heavy (non-hydrogen) atoms. The second-order valence-electron chi connectivity index (χ2n) is 9.19. The number of para-hydroxylation sites is 1. The minimum Gasteiger partial charge on any atom is -0.441 e. The van der Waals surface area contributed by atoms with Crippen LogP contribution in [0.4, 0.5) is 5.82 Å². The number of rotatable bonds is 7. The normalized spacial score (nSPS) is 11.1. The van der Waals surface area contributed by atoms with Gasteiger partial charge in [0.1, 0.15) is 11.6 Å².